The van der Waals surface area contributed by atoms with Gasteiger partial charge in [0.1, 0.15) is 0 Å². The van der Waals surface area contributed by atoms with Gasteiger partial charge in [-0.05, 0) is 86.8 Å². The van der Waals surface area contributed by atoms with Crippen LogP contribution < -0.4 is 0 Å². The monoisotopic (exact) mass is 615 g/mol. The van der Waals surface area contributed by atoms with Crippen LogP contribution in [-0.2, 0) is 10.8 Å². The molecule has 2 heterocycles. The fraction of sp³-hybridized carbons (Fsp3) is 0.106. The Morgan fingerprint density at radius 1 is 0.625 bits per heavy atom. The van der Waals surface area contributed by atoms with Crippen molar-refractivity contribution in [2.45, 2.75) is 31.6 Å². The van der Waals surface area contributed by atoms with Crippen LogP contribution in [0, 0.1) is 0 Å². The zero-order valence-corrected chi connectivity index (χ0v) is 27.7. The van der Waals surface area contributed by atoms with Crippen molar-refractivity contribution in [2.24, 2.45) is 0 Å². The van der Waals surface area contributed by atoms with Gasteiger partial charge in [0.15, 0.2) is 0 Å². The molecule has 1 aliphatic heterocycles. The Morgan fingerprint density at radius 3 is 2.12 bits per heavy atom. The average molecular weight is 616 g/mol. The zero-order valence-electron chi connectivity index (χ0n) is 27.7. The molecule has 0 fully saturated rings. The first-order valence-corrected chi connectivity index (χ1v) is 16.9. The van der Waals surface area contributed by atoms with Gasteiger partial charge in [0.05, 0.1) is 22.1 Å². The number of hydrogen-bond acceptors (Lipinski definition) is 0. The maximum absolute atomic E-state index is 4.14. The fourth-order valence-electron chi connectivity index (χ4n) is 8.89. The van der Waals surface area contributed by atoms with Gasteiger partial charge in [-0.1, -0.05) is 154 Å². The second-order valence-corrected chi connectivity index (χ2v) is 13.7. The SMILES string of the molecule is C=C/C=C(\C=C/C)C1(c2ccccc2)c2ccccc2-c2ccc(-c3ccc4c(c3)c3cccc5c3n4-c3ccccc3C5(C)C)cc21. The van der Waals surface area contributed by atoms with Crippen molar-refractivity contribution in [3.8, 4) is 27.9 Å². The van der Waals surface area contributed by atoms with Gasteiger partial charge < -0.3 is 4.57 Å². The Hall–Kier alpha value is -5.66. The molecular formula is C47H37N. The van der Waals surface area contributed by atoms with E-state index in [-0.39, 0.29) is 5.41 Å². The minimum absolute atomic E-state index is 0.0807. The maximum Gasteiger partial charge on any atom is 0.0713 e. The predicted molar refractivity (Wildman–Crippen MR) is 203 cm³/mol. The third-order valence-corrected chi connectivity index (χ3v) is 10.9. The van der Waals surface area contributed by atoms with Gasteiger partial charge in [-0.3, -0.25) is 0 Å². The number of hydrogen-bond donors (Lipinski definition) is 0. The van der Waals surface area contributed by atoms with Gasteiger partial charge in [-0.2, -0.15) is 0 Å². The van der Waals surface area contributed by atoms with Crippen LogP contribution in [0.25, 0.3) is 49.7 Å². The molecular weight excluding hydrogens is 579 g/mol. The molecule has 0 saturated heterocycles. The largest absolute Gasteiger partial charge is 0.309 e. The molecule has 1 nitrogen and oxygen atoms in total. The van der Waals surface area contributed by atoms with Crippen molar-refractivity contribution >= 4 is 21.8 Å². The fourth-order valence-corrected chi connectivity index (χ4v) is 8.89. The molecule has 1 aliphatic carbocycles. The maximum atomic E-state index is 4.14. The summed E-state index contributed by atoms with van der Waals surface area (Å²) in [6.07, 6.45) is 8.51. The Morgan fingerprint density at radius 2 is 1.31 bits per heavy atom. The van der Waals surface area contributed by atoms with Gasteiger partial charge >= 0.3 is 0 Å². The van der Waals surface area contributed by atoms with E-state index in [9.17, 15) is 0 Å². The summed E-state index contributed by atoms with van der Waals surface area (Å²) in [5, 5.41) is 2.60. The minimum atomic E-state index is -0.479. The Kier molecular flexibility index (Phi) is 6.20. The number of allylic oxidation sites excluding steroid dienone is 5. The van der Waals surface area contributed by atoms with Gasteiger partial charge in [0.2, 0.25) is 0 Å². The summed E-state index contributed by atoms with van der Waals surface area (Å²) in [7, 11) is 0. The van der Waals surface area contributed by atoms with E-state index in [1.165, 1.54) is 83.1 Å². The number of para-hydroxylation sites is 2. The lowest BCUT2D eigenvalue weighted by molar-refractivity contribution is 0.630. The highest BCUT2D eigenvalue weighted by atomic mass is 15.0. The van der Waals surface area contributed by atoms with E-state index in [0.717, 1.165) is 0 Å². The first kappa shape index (κ1) is 28.6. The normalized spacial score (nSPS) is 17.4. The van der Waals surface area contributed by atoms with Crippen LogP contribution in [0.3, 0.4) is 0 Å². The van der Waals surface area contributed by atoms with Gasteiger partial charge in [0.25, 0.3) is 0 Å². The highest BCUT2D eigenvalue weighted by Crippen LogP contribution is 2.57. The van der Waals surface area contributed by atoms with Crippen LogP contribution in [0.2, 0.25) is 0 Å². The lowest BCUT2D eigenvalue weighted by Gasteiger charge is -2.35. The van der Waals surface area contributed by atoms with Crippen LogP contribution >= 0.6 is 0 Å². The standard InChI is InChI=1S/C47H37N/c1-5-15-33(16-6-2)47(34-17-8-7-9-18-34)39-21-11-10-19-35(39)36-27-25-32(30-42(36)47)31-26-28-43-38(29-31)37-20-14-23-41-45(37)48(43)44-24-13-12-22-40(44)46(41,3)4/h5-30H,1H2,2-4H3/b16-6-,33-15+. The molecule has 7 aromatic rings. The number of benzene rings is 6. The molecule has 0 bridgehead atoms. The first-order valence-electron chi connectivity index (χ1n) is 16.9. The summed E-state index contributed by atoms with van der Waals surface area (Å²) in [6, 6.07) is 49.8. The molecule has 0 amide bonds. The quantitative estimate of drug-likeness (QED) is 0.170. The van der Waals surface area contributed by atoms with E-state index >= 15 is 0 Å². The molecule has 0 spiro atoms. The van der Waals surface area contributed by atoms with E-state index in [1.54, 1.807) is 0 Å². The molecule has 9 rings (SSSR count). The zero-order chi connectivity index (χ0) is 32.6. The number of nitrogens with zero attached hydrogens (tertiary/aromatic N) is 1. The predicted octanol–water partition coefficient (Wildman–Crippen LogP) is 12.1. The lowest BCUT2D eigenvalue weighted by atomic mass is 9.66. The molecule has 1 unspecified atom stereocenters. The Bertz CT molecular complexity index is 2500. The first-order chi connectivity index (χ1) is 23.5. The van der Waals surface area contributed by atoms with E-state index in [2.05, 4.69) is 184 Å². The van der Waals surface area contributed by atoms with Crippen molar-refractivity contribution in [1.29, 1.82) is 0 Å². The highest BCUT2D eigenvalue weighted by Gasteiger charge is 2.46. The van der Waals surface area contributed by atoms with E-state index in [1.807, 2.05) is 6.08 Å². The van der Waals surface area contributed by atoms with Crippen LogP contribution in [0.15, 0.2) is 170 Å². The third-order valence-electron chi connectivity index (χ3n) is 10.9. The molecule has 230 valence electrons. The van der Waals surface area contributed by atoms with Gasteiger partial charge in [-0.15, -0.1) is 0 Å². The van der Waals surface area contributed by atoms with Gasteiger partial charge in [0, 0.05) is 16.2 Å². The van der Waals surface area contributed by atoms with Crippen LogP contribution in [0.4, 0.5) is 0 Å². The highest BCUT2D eigenvalue weighted by molar-refractivity contribution is 6.12. The molecule has 0 radical (unpaired) electrons. The van der Waals surface area contributed by atoms with Crippen molar-refractivity contribution in [2.75, 3.05) is 0 Å². The van der Waals surface area contributed by atoms with Crippen molar-refractivity contribution in [3.63, 3.8) is 0 Å². The second-order valence-electron chi connectivity index (χ2n) is 13.7. The van der Waals surface area contributed by atoms with E-state index in [0.29, 0.717) is 0 Å². The third kappa shape index (κ3) is 3.67. The van der Waals surface area contributed by atoms with Crippen LogP contribution in [0.1, 0.15) is 48.6 Å². The second kappa shape index (κ2) is 10.4. The lowest BCUT2D eigenvalue weighted by Crippen LogP contribution is -2.29. The van der Waals surface area contributed by atoms with E-state index < -0.39 is 5.41 Å². The Balaban J connectivity index is 1.32. The van der Waals surface area contributed by atoms with Crippen molar-refractivity contribution in [3.05, 3.63) is 198 Å². The summed E-state index contributed by atoms with van der Waals surface area (Å²) in [5.74, 6) is 0. The molecule has 48 heavy (non-hydrogen) atoms. The van der Waals surface area contributed by atoms with Crippen molar-refractivity contribution < 1.29 is 0 Å². The molecule has 0 N–H and O–H groups in total. The summed E-state index contributed by atoms with van der Waals surface area (Å²) in [5.41, 5.74) is 16.1. The molecule has 2 aliphatic rings. The molecule has 6 aromatic carbocycles. The number of fused-ring (bicyclic) bond motifs is 8. The van der Waals surface area contributed by atoms with Crippen LogP contribution in [-0.4, -0.2) is 4.57 Å². The Labute approximate surface area is 282 Å². The molecule has 1 aromatic heterocycles. The van der Waals surface area contributed by atoms with Gasteiger partial charge in [-0.25, -0.2) is 0 Å². The summed E-state index contributed by atoms with van der Waals surface area (Å²) in [4.78, 5) is 0. The average Bonchev–Trinajstić information content (AvgIpc) is 3.62. The number of aromatic nitrogens is 1. The van der Waals surface area contributed by atoms with Crippen LogP contribution in [0.5, 0.6) is 0 Å². The molecule has 0 saturated carbocycles. The molecule has 1 atom stereocenters. The molecule has 1 heteroatoms. The summed E-state index contributed by atoms with van der Waals surface area (Å²) >= 11 is 0. The van der Waals surface area contributed by atoms with E-state index in [4.69, 9.17) is 0 Å². The number of rotatable bonds is 5. The summed E-state index contributed by atoms with van der Waals surface area (Å²) < 4.78 is 2.49. The van der Waals surface area contributed by atoms with Crippen molar-refractivity contribution in [1.82, 2.24) is 4.57 Å². The minimum Gasteiger partial charge on any atom is -0.309 e. The topological polar surface area (TPSA) is 4.93 Å². The smallest absolute Gasteiger partial charge is 0.0713 e. The summed E-state index contributed by atoms with van der Waals surface area (Å²) in [6.45, 7) is 11.0.